The molecule has 0 saturated heterocycles. The number of fused-ring (bicyclic) bond motifs is 11. The fourth-order valence-corrected chi connectivity index (χ4v) is 7.42. The van der Waals surface area contributed by atoms with Gasteiger partial charge in [0.05, 0.1) is 33.8 Å². The van der Waals surface area contributed by atoms with Gasteiger partial charge in [-0.15, -0.1) is 0 Å². The maximum atomic E-state index is 5.27. The van der Waals surface area contributed by atoms with Crippen molar-refractivity contribution in [2.24, 2.45) is 0 Å². The molecule has 4 aromatic rings. The normalized spacial score (nSPS) is 13.4. The number of hydrogen-bond donors (Lipinski definition) is 3. The molecule has 0 atom stereocenters. The monoisotopic (exact) mass is 599 g/mol. The number of rotatable bonds is 8. The maximum absolute atomic E-state index is 5.27. The molecular formula is C40H49N5. The van der Waals surface area contributed by atoms with Gasteiger partial charge in [0.2, 0.25) is 0 Å². The molecule has 0 radical (unpaired) electrons. The highest BCUT2D eigenvalue weighted by molar-refractivity contribution is 5.95. The van der Waals surface area contributed by atoms with Crippen LogP contribution in [0.5, 0.6) is 0 Å². The fraction of sp³-hybridized carbons (Fsp3) is 0.400. The maximum Gasteiger partial charge on any atom is 0.0693 e. The quantitative estimate of drug-likeness (QED) is 0.188. The molecule has 234 valence electrons. The van der Waals surface area contributed by atoms with Gasteiger partial charge < -0.3 is 15.0 Å². The van der Waals surface area contributed by atoms with E-state index < -0.39 is 0 Å². The summed E-state index contributed by atoms with van der Waals surface area (Å²) in [4.78, 5) is 22.0. The number of aromatic amines is 3. The van der Waals surface area contributed by atoms with Crippen LogP contribution in [0.2, 0.25) is 0 Å². The lowest BCUT2D eigenvalue weighted by molar-refractivity contribution is 0.931. The van der Waals surface area contributed by atoms with Gasteiger partial charge in [-0.05, 0) is 133 Å². The van der Waals surface area contributed by atoms with Crippen LogP contribution < -0.4 is 0 Å². The van der Waals surface area contributed by atoms with E-state index in [1.54, 1.807) is 0 Å². The van der Waals surface area contributed by atoms with Crippen molar-refractivity contribution in [1.29, 1.82) is 0 Å². The zero-order valence-corrected chi connectivity index (χ0v) is 28.5. The topological polar surface area (TPSA) is 73.2 Å². The van der Waals surface area contributed by atoms with Crippen LogP contribution in [0.3, 0.4) is 0 Å². The summed E-state index contributed by atoms with van der Waals surface area (Å²) >= 11 is 0. The minimum atomic E-state index is 0.944. The molecule has 6 rings (SSSR count). The molecular weight excluding hydrogens is 550 g/mol. The number of nitrogens with zero attached hydrogens (tertiary/aromatic N) is 2. The molecule has 0 aromatic carbocycles. The van der Waals surface area contributed by atoms with Crippen LogP contribution >= 0.6 is 0 Å². The van der Waals surface area contributed by atoms with Crippen LogP contribution in [0.1, 0.15) is 126 Å². The summed E-state index contributed by atoms with van der Waals surface area (Å²) in [6, 6.07) is 13.8. The van der Waals surface area contributed by atoms with Crippen molar-refractivity contribution in [2.45, 2.75) is 107 Å². The van der Waals surface area contributed by atoms with Crippen LogP contribution in [0.4, 0.5) is 0 Å². The zero-order chi connectivity index (χ0) is 31.8. The summed E-state index contributed by atoms with van der Waals surface area (Å²) in [5.41, 5.74) is 21.7. The van der Waals surface area contributed by atoms with Crippen molar-refractivity contribution < 1.29 is 0 Å². The smallest absolute Gasteiger partial charge is 0.0693 e. The van der Waals surface area contributed by atoms with Crippen molar-refractivity contribution >= 4 is 55.4 Å². The zero-order valence-electron chi connectivity index (χ0n) is 28.5. The molecule has 0 spiro atoms. The van der Waals surface area contributed by atoms with E-state index in [0.29, 0.717) is 0 Å². The second kappa shape index (κ2) is 12.7. The minimum absolute atomic E-state index is 0.944. The molecule has 5 nitrogen and oxygen atoms in total. The van der Waals surface area contributed by atoms with Gasteiger partial charge in [-0.2, -0.15) is 0 Å². The molecule has 6 heterocycles. The Kier molecular flexibility index (Phi) is 8.72. The van der Waals surface area contributed by atoms with Gasteiger partial charge in [-0.3, -0.25) is 0 Å². The standard InChI is InChI=1S/C40H49N5/c1-9-15-25-17-39-40-18-26(16-10-2)34(44-40)20-32-24(8)28(12-4)36(42-32)22-38-30(14-6)29(13-5)37(45-38)21-35-27(11-3)23(7)31(41-35)19-33(25)43-39/h17-22,43-45H,9-16H2,1-8H3. The first-order valence-corrected chi connectivity index (χ1v) is 17.2. The van der Waals surface area contributed by atoms with E-state index in [1.165, 1.54) is 55.6 Å². The van der Waals surface area contributed by atoms with E-state index in [4.69, 9.17) is 9.97 Å². The van der Waals surface area contributed by atoms with Crippen molar-refractivity contribution in [2.75, 3.05) is 0 Å². The SMILES string of the molecule is CCCc1cc2[nH]c1cc1nc(cc3[nH]c(cc4nc(cc5[nH]c2cc5CCC)C(C)=C4CC)c(CC)c3CC)C(CC)=C1C. The highest BCUT2D eigenvalue weighted by Gasteiger charge is 2.19. The highest BCUT2D eigenvalue weighted by Crippen LogP contribution is 2.36. The van der Waals surface area contributed by atoms with Gasteiger partial charge in [-0.1, -0.05) is 54.4 Å². The van der Waals surface area contributed by atoms with E-state index >= 15 is 0 Å². The van der Waals surface area contributed by atoms with Crippen LogP contribution in [0, 0.1) is 0 Å². The molecule has 45 heavy (non-hydrogen) atoms. The number of nitrogens with one attached hydrogen (secondary N) is 3. The van der Waals surface area contributed by atoms with Gasteiger partial charge >= 0.3 is 0 Å². The summed E-state index contributed by atoms with van der Waals surface area (Å²) in [7, 11) is 0. The van der Waals surface area contributed by atoms with E-state index in [0.717, 1.165) is 96.2 Å². The van der Waals surface area contributed by atoms with Crippen LogP contribution in [0.25, 0.3) is 55.4 Å². The largest absolute Gasteiger partial charge is 0.355 e. The third-order valence-electron chi connectivity index (χ3n) is 9.79. The van der Waals surface area contributed by atoms with Crippen LogP contribution in [-0.2, 0) is 25.7 Å². The Bertz CT molecular complexity index is 1890. The van der Waals surface area contributed by atoms with Crippen molar-refractivity contribution in [1.82, 2.24) is 24.9 Å². The molecule has 2 aliphatic rings. The van der Waals surface area contributed by atoms with E-state index in [9.17, 15) is 0 Å². The first-order valence-electron chi connectivity index (χ1n) is 17.2. The molecule has 0 amide bonds. The Morgan fingerprint density at radius 2 is 0.822 bits per heavy atom. The molecule has 0 fully saturated rings. The Balaban J connectivity index is 1.80. The third kappa shape index (κ3) is 5.51. The number of aromatic nitrogens is 5. The van der Waals surface area contributed by atoms with Crippen molar-refractivity contribution in [3.63, 3.8) is 0 Å². The lowest BCUT2D eigenvalue weighted by atomic mass is 10.0. The summed E-state index contributed by atoms with van der Waals surface area (Å²) in [6.45, 7) is 18.0. The number of hydrogen-bond acceptors (Lipinski definition) is 2. The van der Waals surface area contributed by atoms with Crippen LogP contribution in [0.15, 0.2) is 36.4 Å². The average Bonchev–Trinajstić information content (AvgIpc) is 3.81. The van der Waals surface area contributed by atoms with Gasteiger partial charge in [0, 0.05) is 22.1 Å². The second-order valence-corrected chi connectivity index (χ2v) is 12.6. The van der Waals surface area contributed by atoms with Gasteiger partial charge in [-0.25, -0.2) is 9.97 Å². The Labute approximate surface area is 268 Å². The van der Waals surface area contributed by atoms with Gasteiger partial charge in [0.1, 0.15) is 0 Å². The summed E-state index contributed by atoms with van der Waals surface area (Å²) in [5, 5.41) is 0. The first-order chi connectivity index (χ1) is 21.8. The lowest BCUT2D eigenvalue weighted by Gasteiger charge is -2.01. The number of aryl methyl sites for hydroxylation is 4. The lowest BCUT2D eigenvalue weighted by Crippen LogP contribution is -1.87. The predicted octanol–water partition coefficient (Wildman–Crippen LogP) is 11.1. The van der Waals surface area contributed by atoms with Crippen molar-refractivity contribution in [3.05, 3.63) is 81.4 Å². The van der Waals surface area contributed by atoms with Crippen molar-refractivity contribution in [3.8, 4) is 0 Å². The molecule has 3 N–H and O–H groups in total. The number of H-pyrrole nitrogens is 3. The second-order valence-electron chi connectivity index (χ2n) is 12.6. The van der Waals surface area contributed by atoms with E-state index in [-0.39, 0.29) is 0 Å². The molecule has 0 saturated carbocycles. The average molecular weight is 600 g/mol. The van der Waals surface area contributed by atoms with Gasteiger partial charge in [0.15, 0.2) is 0 Å². The first kappa shape index (κ1) is 30.9. The predicted molar refractivity (Wildman–Crippen MR) is 194 cm³/mol. The van der Waals surface area contributed by atoms with E-state index in [2.05, 4.69) is 107 Å². The Morgan fingerprint density at radius 3 is 1.18 bits per heavy atom. The summed E-state index contributed by atoms with van der Waals surface area (Å²) < 4.78 is 0. The third-order valence-corrected chi connectivity index (χ3v) is 9.79. The molecule has 10 bridgehead atoms. The summed E-state index contributed by atoms with van der Waals surface area (Å²) in [5.74, 6) is 0. The minimum Gasteiger partial charge on any atom is -0.355 e. The van der Waals surface area contributed by atoms with E-state index in [1.807, 2.05) is 0 Å². The fourth-order valence-electron chi connectivity index (χ4n) is 7.42. The highest BCUT2D eigenvalue weighted by atomic mass is 14.8. The van der Waals surface area contributed by atoms with Gasteiger partial charge in [0.25, 0.3) is 0 Å². The summed E-state index contributed by atoms with van der Waals surface area (Å²) in [6.07, 6.45) is 8.03. The Hall–Kier alpha value is -4.12. The molecule has 0 aliphatic carbocycles. The number of allylic oxidation sites excluding steroid dienone is 4. The Morgan fingerprint density at radius 1 is 0.444 bits per heavy atom. The molecule has 0 unspecified atom stereocenters. The molecule has 4 aromatic heterocycles. The molecule has 5 heteroatoms. The molecule has 2 aliphatic heterocycles. The van der Waals surface area contributed by atoms with Crippen LogP contribution in [-0.4, -0.2) is 24.9 Å².